The number of nitrogens with zero attached hydrogens (tertiary/aromatic N) is 12. The maximum atomic E-state index is 12.9. The van der Waals surface area contributed by atoms with E-state index in [0.717, 1.165) is 39.3 Å². The molecule has 0 bridgehead atoms. The van der Waals surface area contributed by atoms with Crippen molar-refractivity contribution in [1.29, 1.82) is 0 Å². The molecule has 0 aliphatic carbocycles. The van der Waals surface area contributed by atoms with Gasteiger partial charge in [0.1, 0.15) is 59.8 Å². The van der Waals surface area contributed by atoms with E-state index in [-0.39, 0.29) is 61.1 Å². The summed E-state index contributed by atoms with van der Waals surface area (Å²) >= 11 is 7.16. The second-order valence-corrected chi connectivity index (χ2v) is 19.9. The first kappa shape index (κ1) is 50.1. The number of tetrazole rings is 1. The number of nitrogen functional groups attached to an aromatic ring is 2. The van der Waals surface area contributed by atoms with Crippen molar-refractivity contribution in [3.63, 3.8) is 0 Å². The number of amides is 4. The number of aromatic amines is 1. The van der Waals surface area contributed by atoms with E-state index in [1.54, 1.807) is 12.4 Å². The zero-order valence-corrected chi connectivity index (χ0v) is 40.6. The van der Waals surface area contributed by atoms with Gasteiger partial charge in [-0.05, 0) is 21.6 Å². The molecule has 9 N–H and O–H groups in total. The van der Waals surface area contributed by atoms with Gasteiger partial charge in [-0.15, -0.1) is 51.3 Å². The number of nitrogens with one attached hydrogen (secondary N) is 3. The number of fused-ring (bicyclic) bond motifs is 2. The lowest BCUT2D eigenvalue weighted by molar-refractivity contribution is -0.150. The number of nitrogens with two attached hydrogens (primary N) is 2. The third-order valence-corrected chi connectivity index (χ3v) is 15.9. The third-order valence-electron chi connectivity index (χ3n) is 9.68. The van der Waals surface area contributed by atoms with Crippen LogP contribution in [0.4, 0.5) is 10.3 Å². The molecule has 4 aromatic heterocycles. The second kappa shape index (κ2) is 21.2. The minimum Gasteiger partial charge on any atom is -0.477 e. The van der Waals surface area contributed by atoms with Crippen LogP contribution < -0.4 is 33.2 Å². The SMILES string of the molecule is CO/N=C(\C(=O)N[C@@H]1C(=O)N2C(C(=O)O)=C(CSc3nc(=O)c(=O)[nH]n3C)CS[C@H]12)c1csc(N)n1.CO/N=C(\C(=O)N[C@@H]1C(=O)N2C(C(=O)O)=C(CSc3nnnn3C)CS[C@H]12)c1csc(N)n1. The summed E-state index contributed by atoms with van der Waals surface area (Å²) < 4.78 is 2.73. The molecule has 35 heteroatoms. The van der Waals surface area contributed by atoms with E-state index >= 15 is 0 Å². The van der Waals surface area contributed by atoms with Gasteiger partial charge in [0.2, 0.25) is 5.16 Å². The Bertz CT molecular complexity index is 3000. The number of H-pyrrole nitrogens is 1. The maximum Gasteiger partial charge on any atom is 0.352 e. The molecule has 0 saturated carbocycles. The topological polar surface area (TPSA) is 406 Å². The number of aromatic nitrogens is 9. The number of aryl methyl sites for hydroxylation is 2. The summed E-state index contributed by atoms with van der Waals surface area (Å²) in [7, 11) is 5.69. The average Bonchev–Trinajstić information content (AvgIpc) is 4.07. The Balaban J connectivity index is 0.000000205. The molecule has 364 valence electrons. The number of thiazole rings is 2. The highest BCUT2D eigenvalue weighted by molar-refractivity contribution is 8.01. The number of carboxylic acid groups (broad SMARTS) is 2. The fourth-order valence-electron chi connectivity index (χ4n) is 6.63. The zero-order chi connectivity index (χ0) is 49.8. The normalized spacial score (nSPS) is 19.9. The Morgan fingerprint density at radius 2 is 1.25 bits per heavy atom. The standard InChI is InChI=1S/C18H18N8O7S3.C16H17N9O5S3/c1-25-18(22-12(28)13(29)23-25)36-4-6-3-34-15-9(14(30)26(15)10(6)16(31)32)21-11(27)8(24-33-2)7-5-35-17(19)20-7;1-24-16(20-22-23-24)33-4-6-3-31-13-9(12(27)25(13)10(6)14(28)29)19-11(26)8(21-30-2)7-5-32-15(17)18-7/h5,9,15H,3-4H2,1-2H3,(H2,19,20)(H,21,27)(H,23,29)(H,31,32);5,9,13H,3-4H2,1-2H3,(H2,17,18)(H,19,26)(H,28,29)/b24-8-;21-8-/t9-,15-;9-,13-/m11/s1. The van der Waals surface area contributed by atoms with E-state index in [0.29, 0.717) is 27.8 Å². The van der Waals surface area contributed by atoms with Crippen molar-refractivity contribution in [3.05, 3.63) is 65.4 Å². The first-order chi connectivity index (χ1) is 32.9. The summed E-state index contributed by atoms with van der Waals surface area (Å²) in [4.78, 5) is 122. The van der Waals surface area contributed by atoms with E-state index < -0.39 is 69.5 Å². The van der Waals surface area contributed by atoms with E-state index in [2.05, 4.69) is 56.5 Å². The van der Waals surface area contributed by atoms with Crippen LogP contribution in [0.15, 0.2) is 63.5 Å². The van der Waals surface area contributed by atoms with Gasteiger partial charge in [-0.1, -0.05) is 33.8 Å². The molecule has 4 aliphatic heterocycles. The molecule has 8 rings (SSSR count). The van der Waals surface area contributed by atoms with Gasteiger partial charge < -0.3 is 42.0 Å². The number of carbonyl (C=O) groups excluding carboxylic acids is 4. The Morgan fingerprint density at radius 3 is 1.64 bits per heavy atom. The van der Waals surface area contributed by atoms with Gasteiger partial charge in [0.15, 0.2) is 26.8 Å². The van der Waals surface area contributed by atoms with Crippen molar-refractivity contribution in [3.8, 4) is 0 Å². The molecule has 4 aromatic rings. The fraction of sp³-hybridized carbons (Fsp3) is 0.353. The number of oxime groups is 2. The Hall–Kier alpha value is -6.82. The molecule has 29 nitrogen and oxygen atoms in total. The van der Waals surface area contributed by atoms with Crippen LogP contribution in [0.5, 0.6) is 0 Å². The molecule has 0 unspecified atom stereocenters. The molecule has 0 spiro atoms. The second-order valence-electron chi connectivity index (χ2n) is 14.0. The molecule has 2 saturated heterocycles. The van der Waals surface area contributed by atoms with E-state index in [1.165, 1.54) is 76.2 Å². The fourth-order valence-corrected chi connectivity index (χ4v) is 12.5. The quantitative estimate of drug-likeness (QED) is 0.0201. The summed E-state index contributed by atoms with van der Waals surface area (Å²) in [5.41, 5.74) is 10.2. The first-order valence-corrected chi connectivity index (χ1v) is 25.0. The number of anilines is 2. The van der Waals surface area contributed by atoms with Crippen molar-refractivity contribution in [1.82, 2.24) is 65.4 Å². The van der Waals surface area contributed by atoms with Gasteiger partial charge in [-0.25, -0.2) is 24.2 Å². The number of hydrogen-bond donors (Lipinski definition) is 7. The lowest BCUT2D eigenvalue weighted by atomic mass is 10.0. The van der Waals surface area contributed by atoms with E-state index in [1.807, 2.05) is 0 Å². The van der Waals surface area contributed by atoms with Crippen molar-refractivity contribution >= 4 is 127 Å². The van der Waals surface area contributed by atoms with Crippen molar-refractivity contribution in [2.45, 2.75) is 33.1 Å². The number of β-lactam (4-membered cyclic amide) rings is 2. The number of hydrogen-bond acceptors (Lipinski definition) is 26. The lowest BCUT2D eigenvalue weighted by Crippen LogP contribution is -2.71. The van der Waals surface area contributed by atoms with Crippen LogP contribution in [0.1, 0.15) is 11.4 Å². The van der Waals surface area contributed by atoms with Gasteiger partial charge in [0.05, 0.1) is 0 Å². The van der Waals surface area contributed by atoms with Crippen molar-refractivity contribution < 1.29 is 48.7 Å². The van der Waals surface area contributed by atoms with Gasteiger partial charge in [0.25, 0.3) is 23.6 Å². The highest BCUT2D eigenvalue weighted by atomic mass is 32.2. The van der Waals surface area contributed by atoms with Crippen LogP contribution in [-0.4, -0.2) is 172 Å². The van der Waals surface area contributed by atoms with E-state index in [9.17, 15) is 48.6 Å². The van der Waals surface area contributed by atoms with Crippen LogP contribution in [0.25, 0.3) is 0 Å². The minimum atomic E-state index is -1.31. The molecule has 0 radical (unpaired) electrons. The Labute approximate surface area is 410 Å². The smallest absolute Gasteiger partial charge is 0.352 e. The largest absolute Gasteiger partial charge is 0.477 e. The third kappa shape index (κ3) is 10.5. The summed E-state index contributed by atoms with van der Waals surface area (Å²) in [6, 6.07) is -1.92. The maximum absolute atomic E-state index is 12.9. The molecule has 4 atom stereocenters. The van der Waals surface area contributed by atoms with Crippen LogP contribution in [-0.2, 0) is 52.5 Å². The van der Waals surface area contributed by atoms with Crippen LogP contribution >= 0.6 is 69.7 Å². The van der Waals surface area contributed by atoms with Gasteiger partial charge in [0, 0.05) is 47.9 Å². The van der Waals surface area contributed by atoms with Crippen LogP contribution in [0.2, 0.25) is 0 Å². The number of thioether (sulfide) groups is 4. The predicted molar refractivity (Wildman–Crippen MR) is 250 cm³/mol. The number of carboxylic acids is 2. The molecule has 4 aliphatic rings. The van der Waals surface area contributed by atoms with E-state index in [4.69, 9.17) is 21.1 Å². The summed E-state index contributed by atoms with van der Waals surface area (Å²) in [6.45, 7) is 0. The summed E-state index contributed by atoms with van der Waals surface area (Å²) in [5.74, 6) is -4.07. The summed E-state index contributed by atoms with van der Waals surface area (Å²) in [6.07, 6.45) is 0. The minimum absolute atomic E-state index is 0.0880. The summed E-state index contributed by atoms with van der Waals surface area (Å²) in [5, 5.41) is 48.6. The van der Waals surface area contributed by atoms with Crippen LogP contribution in [0.3, 0.4) is 0 Å². The Kier molecular flexibility index (Phi) is 15.4. The molecule has 4 amide bonds. The molecule has 8 heterocycles. The van der Waals surface area contributed by atoms with Gasteiger partial charge >= 0.3 is 23.1 Å². The van der Waals surface area contributed by atoms with Crippen molar-refractivity contribution in [2.75, 3.05) is 48.7 Å². The van der Waals surface area contributed by atoms with Crippen LogP contribution in [0, 0.1) is 0 Å². The average molecular weight is 1070 g/mol. The lowest BCUT2D eigenvalue weighted by Gasteiger charge is -2.49. The van der Waals surface area contributed by atoms with Crippen molar-refractivity contribution in [2.24, 2.45) is 24.4 Å². The molecular formula is C34H35N17O12S6. The monoisotopic (exact) mass is 1070 g/mol. The predicted octanol–water partition coefficient (Wildman–Crippen LogP) is -2.48. The number of carbonyl (C=O) groups is 6. The van der Waals surface area contributed by atoms with Gasteiger partial charge in [-0.3, -0.25) is 48.3 Å². The Morgan fingerprint density at radius 1 is 0.783 bits per heavy atom. The number of rotatable bonds is 16. The zero-order valence-electron chi connectivity index (χ0n) is 35.7. The molecular weight excluding hydrogens is 1030 g/mol. The van der Waals surface area contributed by atoms with Gasteiger partial charge in [-0.2, -0.15) is 4.98 Å². The molecule has 69 heavy (non-hydrogen) atoms. The number of aliphatic carboxylic acids is 2. The first-order valence-electron chi connectivity index (χ1n) is 19.2. The highest BCUT2D eigenvalue weighted by Gasteiger charge is 2.56. The molecule has 0 aromatic carbocycles. The highest BCUT2D eigenvalue weighted by Crippen LogP contribution is 2.43. The molecule has 2 fully saturated rings.